The molecule has 0 aromatic heterocycles. The average Bonchev–Trinajstić information content (AvgIpc) is 2.32. The molecule has 1 fully saturated rings. The standard InChI is InChI=1S/C8H15N3O2/c1-5(3-9)4-11-7(12)6(2)10-8(11)13/h5-6H,3-4,9H2,1-2H3,(H,10,13). The number of nitrogens with two attached hydrogens (primary N) is 1. The van der Waals surface area contributed by atoms with Crippen LogP contribution in [-0.2, 0) is 4.79 Å². The molecule has 1 aliphatic rings. The van der Waals surface area contributed by atoms with Crippen LogP contribution in [0, 0.1) is 5.92 Å². The smallest absolute Gasteiger partial charge is 0.324 e. The van der Waals surface area contributed by atoms with E-state index in [4.69, 9.17) is 5.73 Å². The van der Waals surface area contributed by atoms with Gasteiger partial charge in [0.25, 0.3) is 5.91 Å². The Balaban J connectivity index is 2.59. The van der Waals surface area contributed by atoms with E-state index >= 15 is 0 Å². The van der Waals surface area contributed by atoms with Gasteiger partial charge in [0.2, 0.25) is 0 Å². The molecule has 3 N–H and O–H groups in total. The number of nitrogens with one attached hydrogen (secondary N) is 1. The molecule has 0 spiro atoms. The number of imide groups is 1. The number of rotatable bonds is 3. The molecule has 3 amide bonds. The fraction of sp³-hybridized carbons (Fsp3) is 0.750. The van der Waals surface area contributed by atoms with Crippen molar-refractivity contribution in [2.75, 3.05) is 13.1 Å². The van der Waals surface area contributed by atoms with Crippen LogP contribution in [0.15, 0.2) is 0 Å². The van der Waals surface area contributed by atoms with Crippen molar-refractivity contribution in [1.29, 1.82) is 0 Å². The molecule has 0 radical (unpaired) electrons. The van der Waals surface area contributed by atoms with Crippen molar-refractivity contribution in [3.8, 4) is 0 Å². The highest BCUT2D eigenvalue weighted by Gasteiger charge is 2.35. The summed E-state index contributed by atoms with van der Waals surface area (Å²) in [4.78, 5) is 23.8. The molecule has 5 nitrogen and oxygen atoms in total. The van der Waals surface area contributed by atoms with E-state index in [-0.39, 0.29) is 17.9 Å². The predicted octanol–water partition coefficient (Wildman–Crippen LogP) is -0.478. The second kappa shape index (κ2) is 3.74. The van der Waals surface area contributed by atoms with Gasteiger partial charge in [0.05, 0.1) is 0 Å². The lowest BCUT2D eigenvalue weighted by Crippen LogP contribution is -2.36. The van der Waals surface area contributed by atoms with Crippen LogP contribution in [0.5, 0.6) is 0 Å². The van der Waals surface area contributed by atoms with Crippen LogP contribution in [0.4, 0.5) is 4.79 Å². The van der Waals surface area contributed by atoms with E-state index in [0.29, 0.717) is 13.1 Å². The molecule has 0 saturated carbocycles. The van der Waals surface area contributed by atoms with E-state index in [9.17, 15) is 9.59 Å². The van der Waals surface area contributed by atoms with Crippen molar-refractivity contribution in [3.63, 3.8) is 0 Å². The van der Waals surface area contributed by atoms with Crippen LogP contribution in [0.2, 0.25) is 0 Å². The monoisotopic (exact) mass is 185 g/mol. The molecule has 0 aliphatic carbocycles. The van der Waals surface area contributed by atoms with E-state index in [1.165, 1.54) is 4.90 Å². The summed E-state index contributed by atoms with van der Waals surface area (Å²) < 4.78 is 0. The molecule has 0 aromatic carbocycles. The quantitative estimate of drug-likeness (QED) is 0.583. The maximum Gasteiger partial charge on any atom is 0.324 e. The summed E-state index contributed by atoms with van der Waals surface area (Å²) in [5, 5.41) is 2.54. The van der Waals surface area contributed by atoms with E-state index in [0.717, 1.165) is 0 Å². The molecule has 1 rings (SSSR count). The zero-order chi connectivity index (χ0) is 10.0. The lowest BCUT2D eigenvalue weighted by Gasteiger charge is -2.16. The van der Waals surface area contributed by atoms with E-state index < -0.39 is 6.04 Å². The molecular weight excluding hydrogens is 170 g/mol. The van der Waals surface area contributed by atoms with Crippen molar-refractivity contribution in [2.45, 2.75) is 19.9 Å². The van der Waals surface area contributed by atoms with Gasteiger partial charge in [-0.1, -0.05) is 6.92 Å². The van der Waals surface area contributed by atoms with Crippen LogP contribution in [-0.4, -0.2) is 36.0 Å². The van der Waals surface area contributed by atoms with Gasteiger partial charge in [-0.05, 0) is 19.4 Å². The third-order valence-electron chi connectivity index (χ3n) is 2.12. The van der Waals surface area contributed by atoms with Gasteiger partial charge >= 0.3 is 6.03 Å². The highest BCUT2D eigenvalue weighted by molar-refractivity contribution is 6.03. The van der Waals surface area contributed by atoms with Crippen molar-refractivity contribution >= 4 is 11.9 Å². The van der Waals surface area contributed by atoms with Crippen LogP contribution in [0.1, 0.15) is 13.8 Å². The maximum atomic E-state index is 11.4. The summed E-state index contributed by atoms with van der Waals surface area (Å²) in [5.41, 5.74) is 5.41. The van der Waals surface area contributed by atoms with Crippen molar-refractivity contribution < 1.29 is 9.59 Å². The number of carbonyl (C=O) groups is 2. The molecule has 0 aromatic rings. The third-order valence-corrected chi connectivity index (χ3v) is 2.12. The van der Waals surface area contributed by atoms with Gasteiger partial charge < -0.3 is 11.1 Å². The number of hydrogen-bond acceptors (Lipinski definition) is 3. The fourth-order valence-electron chi connectivity index (χ4n) is 1.22. The topological polar surface area (TPSA) is 75.4 Å². The lowest BCUT2D eigenvalue weighted by molar-refractivity contribution is -0.127. The average molecular weight is 185 g/mol. The first-order chi connectivity index (χ1) is 6.06. The van der Waals surface area contributed by atoms with E-state index in [2.05, 4.69) is 5.32 Å². The van der Waals surface area contributed by atoms with Crippen molar-refractivity contribution in [1.82, 2.24) is 10.2 Å². The van der Waals surface area contributed by atoms with E-state index in [1.807, 2.05) is 6.92 Å². The number of amides is 3. The summed E-state index contributed by atoms with van der Waals surface area (Å²) in [6, 6.07) is -0.699. The minimum atomic E-state index is -0.391. The Morgan fingerprint density at radius 2 is 2.23 bits per heavy atom. The highest BCUT2D eigenvalue weighted by atomic mass is 16.2. The van der Waals surface area contributed by atoms with Crippen molar-refractivity contribution in [2.24, 2.45) is 11.7 Å². The minimum Gasteiger partial charge on any atom is -0.330 e. The largest absolute Gasteiger partial charge is 0.330 e. The molecule has 13 heavy (non-hydrogen) atoms. The molecule has 1 heterocycles. The molecule has 1 aliphatic heterocycles. The second-order valence-corrected chi connectivity index (χ2v) is 3.46. The van der Waals surface area contributed by atoms with Gasteiger partial charge in [0, 0.05) is 6.54 Å². The molecular formula is C8H15N3O2. The Hall–Kier alpha value is -1.10. The normalized spacial score (nSPS) is 24.8. The van der Waals surface area contributed by atoms with Gasteiger partial charge in [-0.25, -0.2) is 4.79 Å². The first-order valence-electron chi connectivity index (χ1n) is 4.38. The number of hydrogen-bond donors (Lipinski definition) is 2. The summed E-state index contributed by atoms with van der Waals surface area (Å²) in [5.74, 6) is -0.00898. The van der Waals surface area contributed by atoms with E-state index in [1.54, 1.807) is 6.92 Å². The molecule has 74 valence electrons. The molecule has 2 unspecified atom stereocenters. The Labute approximate surface area is 77.3 Å². The Kier molecular flexibility index (Phi) is 2.87. The summed E-state index contributed by atoms with van der Waals surface area (Å²) in [6.45, 7) is 4.47. The van der Waals surface area contributed by atoms with Gasteiger partial charge in [-0.15, -0.1) is 0 Å². The number of carbonyl (C=O) groups excluding carboxylic acids is 2. The van der Waals surface area contributed by atoms with Gasteiger partial charge in [-0.3, -0.25) is 9.69 Å². The van der Waals surface area contributed by atoms with Crippen LogP contribution >= 0.6 is 0 Å². The molecule has 0 bridgehead atoms. The first kappa shape index (κ1) is 9.98. The third kappa shape index (κ3) is 1.98. The predicted molar refractivity (Wildman–Crippen MR) is 47.9 cm³/mol. The zero-order valence-electron chi connectivity index (χ0n) is 7.91. The maximum absolute atomic E-state index is 11.4. The first-order valence-corrected chi connectivity index (χ1v) is 4.38. The van der Waals surface area contributed by atoms with Gasteiger partial charge in [-0.2, -0.15) is 0 Å². The minimum absolute atomic E-state index is 0.153. The number of urea groups is 1. The Morgan fingerprint density at radius 3 is 2.62 bits per heavy atom. The summed E-state index contributed by atoms with van der Waals surface area (Å²) in [7, 11) is 0. The lowest BCUT2D eigenvalue weighted by atomic mass is 10.2. The van der Waals surface area contributed by atoms with Gasteiger partial charge in [0.15, 0.2) is 0 Å². The van der Waals surface area contributed by atoms with Crippen LogP contribution in [0.3, 0.4) is 0 Å². The summed E-state index contributed by atoms with van der Waals surface area (Å²) in [6.07, 6.45) is 0. The Bertz CT molecular complexity index is 229. The Morgan fingerprint density at radius 1 is 1.62 bits per heavy atom. The molecule has 1 saturated heterocycles. The zero-order valence-corrected chi connectivity index (χ0v) is 7.91. The van der Waals surface area contributed by atoms with Gasteiger partial charge in [0.1, 0.15) is 6.04 Å². The summed E-state index contributed by atoms with van der Waals surface area (Å²) >= 11 is 0. The second-order valence-electron chi connectivity index (χ2n) is 3.46. The van der Waals surface area contributed by atoms with Crippen molar-refractivity contribution in [3.05, 3.63) is 0 Å². The SMILES string of the molecule is CC(CN)CN1C(=O)NC(C)C1=O. The fourth-order valence-corrected chi connectivity index (χ4v) is 1.22. The highest BCUT2D eigenvalue weighted by Crippen LogP contribution is 2.08. The van der Waals surface area contributed by atoms with Crippen LogP contribution in [0.25, 0.3) is 0 Å². The van der Waals surface area contributed by atoms with Crippen LogP contribution < -0.4 is 11.1 Å². The molecule has 5 heteroatoms. The number of nitrogens with zero attached hydrogens (tertiary/aromatic N) is 1. The molecule has 2 atom stereocenters.